The average Bonchev–Trinajstić information content (AvgIpc) is 3.24. The number of furan rings is 1. The highest BCUT2D eigenvalue weighted by atomic mass is 32.2. The lowest BCUT2D eigenvalue weighted by atomic mass is 9.98. The van der Waals surface area contributed by atoms with E-state index in [1.54, 1.807) is 12.1 Å². The second kappa shape index (κ2) is 8.06. The highest BCUT2D eigenvalue weighted by molar-refractivity contribution is 7.89. The summed E-state index contributed by atoms with van der Waals surface area (Å²) in [6, 6.07) is 13.6. The van der Waals surface area contributed by atoms with Crippen LogP contribution in [0.25, 0.3) is 0 Å². The van der Waals surface area contributed by atoms with Gasteiger partial charge < -0.3 is 4.42 Å². The van der Waals surface area contributed by atoms with E-state index < -0.39 is 26.6 Å². The molecule has 4 rings (SSSR count). The molecule has 0 unspecified atom stereocenters. The summed E-state index contributed by atoms with van der Waals surface area (Å²) in [6.45, 7) is 1.32. The first-order chi connectivity index (χ1) is 13.9. The van der Waals surface area contributed by atoms with Crippen molar-refractivity contribution in [1.82, 2.24) is 9.62 Å². The van der Waals surface area contributed by atoms with E-state index in [1.807, 2.05) is 18.2 Å². The van der Waals surface area contributed by atoms with Crippen LogP contribution in [0.1, 0.15) is 22.9 Å². The molecule has 0 bridgehead atoms. The Hall–Kier alpha value is -2.55. The maximum absolute atomic E-state index is 14.0. The van der Waals surface area contributed by atoms with Gasteiger partial charge in [0, 0.05) is 19.6 Å². The molecule has 152 valence electrons. The van der Waals surface area contributed by atoms with Gasteiger partial charge in [-0.15, -0.1) is 0 Å². The number of halogens is 2. The largest absolute Gasteiger partial charge is 0.468 e. The van der Waals surface area contributed by atoms with E-state index in [-0.39, 0.29) is 12.6 Å². The van der Waals surface area contributed by atoms with Crippen LogP contribution < -0.4 is 4.72 Å². The monoisotopic (exact) mass is 418 g/mol. The summed E-state index contributed by atoms with van der Waals surface area (Å²) < 4.78 is 60.6. The number of hydrogen-bond donors (Lipinski definition) is 1. The number of sulfonamides is 1. The van der Waals surface area contributed by atoms with Crippen molar-refractivity contribution >= 4 is 10.0 Å². The first-order valence-electron chi connectivity index (χ1n) is 9.23. The Bertz CT molecular complexity index is 1100. The van der Waals surface area contributed by atoms with Gasteiger partial charge in [-0.25, -0.2) is 21.9 Å². The van der Waals surface area contributed by atoms with Crippen molar-refractivity contribution in [3.8, 4) is 0 Å². The standard InChI is InChI=1S/C21H20F2N2O3S/c22-17-7-8-18(23)21(12-17)29(26,27)24-13-19(20-6-3-11-28-20)25-10-9-15-4-1-2-5-16(15)14-25/h1-8,11-12,19,24H,9-10,13-14H2/t19-/m1/s1. The van der Waals surface area contributed by atoms with Gasteiger partial charge in [0.05, 0.1) is 12.3 Å². The van der Waals surface area contributed by atoms with E-state index in [1.165, 1.54) is 17.4 Å². The number of benzene rings is 2. The smallest absolute Gasteiger partial charge is 0.243 e. The summed E-state index contributed by atoms with van der Waals surface area (Å²) >= 11 is 0. The predicted molar refractivity (Wildman–Crippen MR) is 104 cm³/mol. The normalized spacial score (nSPS) is 15.8. The summed E-state index contributed by atoms with van der Waals surface area (Å²) in [5.41, 5.74) is 2.44. The summed E-state index contributed by atoms with van der Waals surface area (Å²) in [5, 5.41) is 0. The van der Waals surface area contributed by atoms with Gasteiger partial charge in [0.25, 0.3) is 0 Å². The molecule has 2 heterocycles. The number of rotatable bonds is 6. The highest BCUT2D eigenvalue weighted by Crippen LogP contribution is 2.28. The van der Waals surface area contributed by atoms with Gasteiger partial charge in [-0.1, -0.05) is 24.3 Å². The first kappa shape index (κ1) is 19.8. The van der Waals surface area contributed by atoms with Gasteiger partial charge in [-0.2, -0.15) is 0 Å². The van der Waals surface area contributed by atoms with Crippen LogP contribution in [0.15, 0.2) is 70.2 Å². The molecule has 0 spiro atoms. The fourth-order valence-electron chi connectivity index (χ4n) is 3.62. The molecule has 0 aliphatic carbocycles. The van der Waals surface area contributed by atoms with Gasteiger partial charge in [-0.3, -0.25) is 4.90 Å². The molecule has 1 atom stereocenters. The quantitative estimate of drug-likeness (QED) is 0.664. The van der Waals surface area contributed by atoms with Crippen LogP contribution in [-0.4, -0.2) is 26.4 Å². The van der Waals surface area contributed by atoms with Crippen LogP contribution in [0.3, 0.4) is 0 Å². The van der Waals surface area contributed by atoms with Crippen molar-refractivity contribution in [2.24, 2.45) is 0 Å². The van der Waals surface area contributed by atoms with Gasteiger partial charge in [-0.05, 0) is 47.9 Å². The zero-order chi connectivity index (χ0) is 20.4. The maximum atomic E-state index is 14.0. The molecule has 2 aromatic carbocycles. The number of nitrogens with one attached hydrogen (secondary N) is 1. The molecule has 1 N–H and O–H groups in total. The highest BCUT2D eigenvalue weighted by Gasteiger charge is 2.29. The van der Waals surface area contributed by atoms with Crippen molar-refractivity contribution in [1.29, 1.82) is 0 Å². The number of hydrogen-bond acceptors (Lipinski definition) is 4. The Balaban J connectivity index is 1.57. The third-order valence-electron chi connectivity index (χ3n) is 5.12. The molecular formula is C21H20F2N2O3S. The van der Waals surface area contributed by atoms with Gasteiger partial charge >= 0.3 is 0 Å². The SMILES string of the molecule is O=S(=O)(NC[C@H](c1ccco1)N1CCc2ccccc2C1)c1cc(F)ccc1F. The molecule has 0 saturated carbocycles. The molecule has 29 heavy (non-hydrogen) atoms. The molecule has 1 aromatic heterocycles. The van der Waals surface area contributed by atoms with E-state index in [4.69, 9.17) is 4.42 Å². The van der Waals surface area contributed by atoms with Crippen molar-refractivity contribution < 1.29 is 21.6 Å². The van der Waals surface area contributed by atoms with E-state index in [0.29, 0.717) is 18.4 Å². The third kappa shape index (κ3) is 4.24. The van der Waals surface area contributed by atoms with Gasteiger partial charge in [0.15, 0.2) is 0 Å². The second-order valence-corrected chi connectivity index (χ2v) is 8.68. The molecule has 0 radical (unpaired) electrons. The summed E-state index contributed by atoms with van der Waals surface area (Å²) in [6.07, 6.45) is 2.36. The summed E-state index contributed by atoms with van der Waals surface area (Å²) in [7, 11) is -4.23. The summed E-state index contributed by atoms with van der Waals surface area (Å²) in [4.78, 5) is 1.41. The fraction of sp³-hybridized carbons (Fsp3) is 0.238. The Morgan fingerprint density at radius 3 is 2.62 bits per heavy atom. The van der Waals surface area contributed by atoms with Crippen LogP contribution in [-0.2, 0) is 23.0 Å². The molecule has 0 fully saturated rings. The molecule has 0 saturated heterocycles. The Kier molecular flexibility index (Phi) is 5.49. The minimum Gasteiger partial charge on any atom is -0.468 e. The van der Waals surface area contributed by atoms with E-state index in [9.17, 15) is 17.2 Å². The minimum absolute atomic E-state index is 0.0338. The lowest BCUT2D eigenvalue weighted by Gasteiger charge is -2.34. The zero-order valence-electron chi connectivity index (χ0n) is 15.5. The maximum Gasteiger partial charge on any atom is 0.243 e. The van der Waals surface area contributed by atoms with Crippen LogP contribution in [0, 0.1) is 11.6 Å². The molecule has 3 aromatic rings. The van der Waals surface area contributed by atoms with Crippen molar-refractivity contribution in [3.05, 3.63) is 89.4 Å². The minimum atomic E-state index is -4.23. The zero-order valence-corrected chi connectivity index (χ0v) is 16.3. The van der Waals surface area contributed by atoms with E-state index >= 15 is 0 Å². The van der Waals surface area contributed by atoms with Crippen molar-refractivity contribution in [2.45, 2.75) is 23.9 Å². The van der Waals surface area contributed by atoms with Crippen LogP contribution >= 0.6 is 0 Å². The van der Waals surface area contributed by atoms with Crippen LogP contribution in [0.2, 0.25) is 0 Å². The van der Waals surface area contributed by atoms with Crippen molar-refractivity contribution in [2.75, 3.05) is 13.1 Å². The van der Waals surface area contributed by atoms with Gasteiger partial charge in [0.2, 0.25) is 10.0 Å². The Labute approximate surface area is 168 Å². The van der Waals surface area contributed by atoms with Crippen LogP contribution in [0.5, 0.6) is 0 Å². The molecular weight excluding hydrogens is 398 g/mol. The fourth-order valence-corrected chi connectivity index (χ4v) is 4.75. The number of fused-ring (bicyclic) bond motifs is 1. The number of nitrogens with zero attached hydrogens (tertiary/aromatic N) is 1. The Morgan fingerprint density at radius 2 is 1.86 bits per heavy atom. The van der Waals surface area contributed by atoms with Crippen molar-refractivity contribution in [3.63, 3.8) is 0 Å². The predicted octanol–water partition coefficient (Wildman–Crippen LogP) is 3.64. The lowest BCUT2D eigenvalue weighted by molar-refractivity contribution is 0.160. The average molecular weight is 418 g/mol. The summed E-state index contributed by atoms with van der Waals surface area (Å²) in [5.74, 6) is -1.21. The molecule has 5 nitrogen and oxygen atoms in total. The molecule has 1 aliphatic heterocycles. The molecule has 0 amide bonds. The first-order valence-corrected chi connectivity index (χ1v) is 10.7. The van der Waals surface area contributed by atoms with Crippen LogP contribution in [0.4, 0.5) is 8.78 Å². The second-order valence-electron chi connectivity index (χ2n) is 6.95. The Morgan fingerprint density at radius 1 is 1.07 bits per heavy atom. The van der Waals surface area contributed by atoms with E-state index in [0.717, 1.165) is 25.1 Å². The molecule has 1 aliphatic rings. The lowest BCUT2D eigenvalue weighted by Crippen LogP contribution is -2.40. The van der Waals surface area contributed by atoms with Gasteiger partial charge in [0.1, 0.15) is 22.3 Å². The molecule has 8 heteroatoms. The topological polar surface area (TPSA) is 62.6 Å². The van der Waals surface area contributed by atoms with E-state index in [2.05, 4.69) is 15.7 Å². The third-order valence-corrected chi connectivity index (χ3v) is 6.56.